The minimum atomic E-state index is -3.27. The molecule has 1 N–H and O–H groups in total. The van der Waals surface area contributed by atoms with Gasteiger partial charge < -0.3 is 9.42 Å². The first-order chi connectivity index (χ1) is 11.3. The molecule has 134 valence electrons. The molecule has 2 heterocycles. The van der Waals surface area contributed by atoms with Crippen LogP contribution in [0, 0.1) is 12.8 Å². The van der Waals surface area contributed by atoms with Gasteiger partial charge in [0.2, 0.25) is 21.8 Å². The van der Waals surface area contributed by atoms with Gasteiger partial charge in [0, 0.05) is 25.6 Å². The molecular formula is C15H24N4O4S. The number of hydrogen-bond donors (Lipinski definition) is 1. The molecule has 1 saturated heterocycles. The summed E-state index contributed by atoms with van der Waals surface area (Å²) in [6, 6.07) is -0.161. The number of amides is 1. The van der Waals surface area contributed by atoms with Crippen molar-refractivity contribution < 1.29 is 17.7 Å². The van der Waals surface area contributed by atoms with Crippen molar-refractivity contribution in [1.29, 1.82) is 0 Å². The van der Waals surface area contributed by atoms with Gasteiger partial charge in [-0.15, -0.1) is 0 Å². The summed E-state index contributed by atoms with van der Waals surface area (Å²) >= 11 is 0. The third kappa shape index (κ3) is 2.95. The number of fused-ring (bicyclic) bond motifs is 1. The number of carbonyl (C=O) groups excluding carboxylic acids is 1. The zero-order valence-corrected chi connectivity index (χ0v) is 15.1. The van der Waals surface area contributed by atoms with E-state index < -0.39 is 15.4 Å². The van der Waals surface area contributed by atoms with Gasteiger partial charge in [-0.25, -0.2) is 13.1 Å². The summed E-state index contributed by atoms with van der Waals surface area (Å²) in [6.45, 7) is 6.35. The molecule has 24 heavy (non-hydrogen) atoms. The topological polar surface area (TPSA) is 105 Å². The Morgan fingerprint density at radius 3 is 2.79 bits per heavy atom. The van der Waals surface area contributed by atoms with E-state index in [1.165, 1.54) is 0 Å². The lowest BCUT2D eigenvalue weighted by Crippen LogP contribution is -2.39. The third-order valence-electron chi connectivity index (χ3n) is 5.21. The van der Waals surface area contributed by atoms with Crippen LogP contribution in [0.3, 0.4) is 0 Å². The van der Waals surface area contributed by atoms with Gasteiger partial charge >= 0.3 is 0 Å². The monoisotopic (exact) mass is 356 g/mol. The Labute approximate surface area is 142 Å². The normalized spacial score (nSPS) is 29.9. The lowest BCUT2D eigenvalue weighted by Gasteiger charge is -2.25. The van der Waals surface area contributed by atoms with E-state index in [1.807, 2.05) is 11.8 Å². The van der Waals surface area contributed by atoms with E-state index in [0.29, 0.717) is 44.1 Å². The predicted octanol–water partition coefficient (Wildman–Crippen LogP) is 0.586. The molecule has 8 nitrogen and oxygen atoms in total. The minimum Gasteiger partial charge on any atom is -0.341 e. The van der Waals surface area contributed by atoms with Crippen LogP contribution in [0.5, 0.6) is 0 Å². The molecule has 3 unspecified atom stereocenters. The molecule has 1 aromatic heterocycles. The first-order valence-electron chi connectivity index (χ1n) is 8.38. The molecule has 0 radical (unpaired) electrons. The number of hydrogen-bond acceptors (Lipinski definition) is 6. The lowest BCUT2D eigenvalue weighted by atomic mass is 9.80. The number of aryl methyl sites for hydroxylation is 1. The van der Waals surface area contributed by atoms with Crippen LogP contribution in [0.25, 0.3) is 0 Å². The molecule has 3 atom stereocenters. The molecule has 3 rings (SSSR count). The third-order valence-corrected chi connectivity index (χ3v) is 6.66. The summed E-state index contributed by atoms with van der Waals surface area (Å²) < 4.78 is 32.0. The first kappa shape index (κ1) is 17.3. The second-order valence-electron chi connectivity index (χ2n) is 6.79. The number of nitrogens with zero attached hydrogens (tertiary/aromatic N) is 3. The van der Waals surface area contributed by atoms with Gasteiger partial charge in [0.1, 0.15) is 0 Å². The number of nitrogens with one attached hydrogen (secondary N) is 1. The Bertz CT molecular complexity index is 732. The summed E-state index contributed by atoms with van der Waals surface area (Å²) in [5, 5.41) is 3.89. The Kier molecular flexibility index (Phi) is 4.41. The maximum absolute atomic E-state index is 12.1. The standard InChI is InChI=1S/C15H24N4O4S/c1-4-13(20)19-8-11-6-12(18-24(21,22)5-2)7-15(11,9-19)14-16-10(3)17-23-14/h11-12,18H,4-9H2,1-3H3. The van der Waals surface area contributed by atoms with Crippen molar-refractivity contribution in [3.8, 4) is 0 Å². The second-order valence-corrected chi connectivity index (χ2v) is 8.83. The molecule has 1 amide bonds. The molecule has 0 aromatic carbocycles. The van der Waals surface area contributed by atoms with Crippen LogP contribution in [0.15, 0.2) is 4.52 Å². The second kappa shape index (κ2) is 6.11. The van der Waals surface area contributed by atoms with Gasteiger partial charge in [0.05, 0.1) is 11.2 Å². The Morgan fingerprint density at radius 2 is 2.21 bits per heavy atom. The fraction of sp³-hybridized carbons (Fsp3) is 0.800. The zero-order valence-electron chi connectivity index (χ0n) is 14.3. The molecule has 1 aromatic rings. The van der Waals surface area contributed by atoms with Gasteiger partial charge in [-0.1, -0.05) is 12.1 Å². The van der Waals surface area contributed by atoms with E-state index in [2.05, 4.69) is 14.9 Å². The van der Waals surface area contributed by atoms with E-state index in [-0.39, 0.29) is 23.6 Å². The molecule has 2 aliphatic rings. The molecule has 2 fully saturated rings. The number of likely N-dealkylation sites (tertiary alicyclic amines) is 1. The van der Waals surface area contributed by atoms with E-state index in [1.54, 1.807) is 13.8 Å². The van der Waals surface area contributed by atoms with Gasteiger partial charge in [0.15, 0.2) is 5.82 Å². The highest BCUT2D eigenvalue weighted by Crippen LogP contribution is 2.50. The SMILES string of the molecule is CCC(=O)N1CC2CC(NS(=O)(=O)CC)CC2(c2nc(C)no2)C1. The lowest BCUT2D eigenvalue weighted by molar-refractivity contribution is -0.130. The van der Waals surface area contributed by atoms with Crippen molar-refractivity contribution in [2.45, 2.75) is 51.5 Å². The highest BCUT2D eigenvalue weighted by Gasteiger charge is 2.58. The van der Waals surface area contributed by atoms with Crippen molar-refractivity contribution in [2.24, 2.45) is 5.92 Å². The number of carbonyl (C=O) groups is 1. The van der Waals surface area contributed by atoms with Crippen molar-refractivity contribution in [2.75, 3.05) is 18.8 Å². The number of aromatic nitrogens is 2. The van der Waals surface area contributed by atoms with Crippen LogP contribution in [0.1, 0.15) is 44.8 Å². The Hall–Kier alpha value is -1.48. The van der Waals surface area contributed by atoms with Crippen LogP contribution in [0.2, 0.25) is 0 Å². The fourth-order valence-corrected chi connectivity index (χ4v) is 4.90. The van der Waals surface area contributed by atoms with Crippen LogP contribution in [0.4, 0.5) is 0 Å². The molecule has 0 bridgehead atoms. The Morgan fingerprint density at radius 1 is 1.46 bits per heavy atom. The van der Waals surface area contributed by atoms with Crippen molar-refractivity contribution >= 4 is 15.9 Å². The molecule has 9 heteroatoms. The van der Waals surface area contributed by atoms with Crippen molar-refractivity contribution in [3.05, 3.63) is 11.7 Å². The van der Waals surface area contributed by atoms with Crippen LogP contribution in [-0.2, 0) is 20.2 Å². The smallest absolute Gasteiger partial charge is 0.235 e. The quantitative estimate of drug-likeness (QED) is 0.827. The van der Waals surface area contributed by atoms with E-state index in [9.17, 15) is 13.2 Å². The van der Waals surface area contributed by atoms with Crippen LogP contribution >= 0.6 is 0 Å². The fourth-order valence-electron chi connectivity index (χ4n) is 4.04. The molecular weight excluding hydrogens is 332 g/mol. The molecule has 1 saturated carbocycles. The maximum Gasteiger partial charge on any atom is 0.235 e. The highest BCUT2D eigenvalue weighted by molar-refractivity contribution is 7.89. The van der Waals surface area contributed by atoms with Crippen LogP contribution in [-0.4, -0.2) is 54.2 Å². The minimum absolute atomic E-state index is 0.0568. The first-order valence-corrected chi connectivity index (χ1v) is 10.0. The van der Waals surface area contributed by atoms with Gasteiger partial charge in [-0.3, -0.25) is 4.79 Å². The zero-order chi connectivity index (χ0) is 17.5. The van der Waals surface area contributed by atoms with Crippen molar-refractivity contribution in [1.82, 2.24) is 19.8 Å². The summed E-state index contributed by atoms with van der Waals surface area (Å²) in [5.41, 5.74) is -0.451. The van der Waals surface area contributed by atoms with Gasteiger partial charge in [-0.05, 0) is 32.6 Å². The van der Waals surface area contributed by atoms with E-state index in [0.717, 1.165) is 0 Å². The largest absolute Gasteiger partial charge is 0.341 e. The van der Waals surface area contributed by atoms with Gasteiger partial charge in [0.25, 0.3) is 0 Å². The average Bonchev–Trinajstić information content (AvgIpc) is 3.18. The molecule has 0 spiro atoms. The van der Waals surface area contributed by atoms with Gasteiger partial charge in [-0.2, -0.15) is 4.98 Å². The van der Waals surface area contributed by atoms with Crippen LogP contribution < -0.4 is 4.72 Å². The summed E-state index contributed by atoms with van der Waals surface area (Å²) in [5.74, 6) is 1.36. The summed E-state index contributed by atoms with van der Waals surface area (Å²) in [7, 11) is -3.27. The number of sulfonamides is 1. The highest BCUT2D eigenvalue weighted by atomic mass is 32.2. The predicted molar refractivity (Wildman–Crippen MR) is 86.7 cm³/mol. The Balaban J connectivity index is 1.88. The maximum atomic E-state index is 12.1. The number of rotatable bonds is 5. The van der Waals surface area contributed by atoms with E-state index in [4.69, 9.17) is 4.52 Å². The molecule has 1 aliphatic carbocycles. The molecule has 1 aliphatic heterocycles. The average molecular weight is 356 g/mol. The van der Waals surface area contributed by atoms with E-state index >= 15 is 0 Å². The summed E-state index contributed by atoms with van der Waals surface area (Å²) in [4.78, 5) is 18.4. The van der Waals surface area contributed by atoms with Crippen molar-refractivity contribution in [3.63, 3.8) is 0 Å². The summed E-state index contributed by atoms with van der Waals surface area (Å²) in [6.07, 6.45) is 1.71.